The Bertz CT molecular complexity index is 428. The number of likely N-dealkylation sites (tertiary alicyclic amines) is 1. The van der Waals surface area contributed by atoms with E-state index in [4.69, 9.17) is 0 Å². The predicted molar refractivity (Wildman–Crippen MR) is 71.5 cm³/mol. The molecule has 5 heteroatoms. The smallest absolute Gasteiger partial charge is 0.293 e. The van der Waals surface area contributed by atoms with Crippen molar-refractivity contribution in [2.45, 2.75) is 19.3 Å². The molecule has 0 spiro atoms. The minimum absolute atomic E-state index is 0.138. The van der Waals surface area contributed by atoms with E-state index in [9.17, 15) is 9.59 Å². The molecule has 1 fully saturated rings. The van der Waals surface area contributed by atoms with Gasteiger partial charge in [-0.1, -0.05) is 18.2 Å². The van der Waals surface area contributed by atoms with Crippen molar-refractivity contribution in [1.82, 2.24) is 10.9 Å². The van der Waals surface area contributed by atoms with E-state index in [1.54, 1.807) is 24.3 Å². The van der Waals surface area contributed by atoms with Crippen LogP contribution >= 0.6 is 0 Å². The molecule has 1 aromatic rings. The van der Waals surface area contributed by atoms with Gasteiger partial charge in [0.2, 0.25) is 0 Å². The average Bonchev–Trinajstić information content (AvgIpc) is 2.47. The van der Waals surface area contributed by atoms with E-state index >= 15 is 0 Å². The molecule has 1 aliphatic rings. The number of quaternary nitrogens is 1. The maximum Gasteiger partial charge on any atom is 0.293 e. The minimum Gasteiger partial charge on any atom is -0.327 e. The summed E-state index contributed by atoms with van der Waals surface area (Å²) in [5, 5.41) is 0. The highest BCUT2D eigenvalue weighted by atomic mass is 16.2. The van der Waals surface area contributed by atoms with E-state index in [-0.39, 0.29) is 11.8 Å². The van der Waals surface area contributed by atoms with Crippen molar-refractivity contribution in [3.63, 3.8) is 0 Å². The molecule has 19 heavy (non-hydrogen) atoms. The van der Waals surface area contributed by atoms with Crippen LogP contribution in [0.4, 0.5) is 0 Å². The SMILES string of the molecule is O=C(C[NH+]1CCCCC1)NNC(=O)c1ccccc1. The second-order valence-electron chi connectivity index (χ2n) is 4.86. The van der Waals surface area contributed by atoms with E-state index in [2.05, 4.69) is 10.9 Å². The number of benzene rings is 1. The zero-order valence-electron chi connectivity index (χ0n) is 10.9. The van der Waals surface area contributed by atoms with Crippen LogP contribution < -0.4 is 15.8 Å². The molecular weight excluding hydrogens is 242 g/mol. The van der Waals surface area contributed by atoms with Gasteiger partial charge in [-0.25, -0.2) is 0 Å². The van der Waals surface area contributed by atoms with Crippen LogP contribution in [0.15, 0.2) is 30.3 Å². The number of piperidine rings is 1. The summed E-state index contributed by atoms with van der Waals surface area (Å²) in [5.74, 6) is -0.427. The molecule has 5 nitrogen and oxygen atoms in total. The number of nitrogens with one attached hydrogen (secondary N) is 3. The summed E-state index contributed by atoms with van der Waals surface area (Å²) in [4.78, 5) is 24.7. The summed E-state index contributed by atoms with van der Waals surface area (Å²) in [6, 6.07) is 8.83. The first-order valence-electron chi connectivity index (χ1n) is 6.73. The van der Waals surface area contributed by atoms with E-state index in [1.807, 2.05) is 6.07 Å². The van der Waals surface area contributed by atoms with E-state index in [1.165, 1.54) is 24.2 Å². The second-order valence-corrected chi connectivity index (χ2v) is 4.86. The topological polar surface area (TPSA) is 62.6 Å². The van der Waals surface area contributed by atoms with Crippen LogP contribution in [0.5, 0.6) is 0 Å². The molecule has 0 radical (unpaired) electrons. The van der Waals surface area contributed by atoms with Gasteiger partial charge in [0.25, 0.3) is 11.8 Å². The first-order valence-corrected chi connectivity index (χ1v) is 6.73. The normalized spacial score (nSPS) is 15.8. The maximum atomic E-state index is 11.7. The van der Waals surface area contributed by atoms with Crippen LogP contribution in [0.2, 0.25) is 0 Å². The van der Waals surface area contributed by atoms with Crippen molar-refractivity contribution in [1.29, 1.82) is 0 Å². The van der Waals surface area contributed by atoms with Crippen molar-refractivity contribution in [2.75, 3.05) is 19.6 Å². The Morgan fingerprint density at radius 1 is 1.00 bits per heavy atom. The standard InChI is InChI=1S/C14H19N3O2/c18-13(11-17-9-5-2-6-10-17)15-16-14(19)12-7-3-1-4-8-12/h1,3-4,7-8H,2,5-6,9-11H2,(H,15,18)(H,16,19)/p+1. The maximum absolute atomic E-state index is 11.7. The molecule has 2 amide bonds. The summed E-state index contributed by atoms with van der Waals surface area (Å²) in [6.07, 6.45) is 3.62. The number of carbonyl (C=O) groups is 2. The fourth-order valence-corrected chi connectivity index (χ4v) is 2.29. The number of carbonyl (C=O) groups excluding carboxylic acids is 2. The van der Waals surface area contributed by atoms with Crippen molar-refractivity contribution in [3.05, 3.63) is 35.9 Å². The van der Waals surface area contributed by atoms with Crippen molar-refractivity contribution in [3.8, 4) is 0 Å². The van der Waals surface area contributed by atoms with Crippen molar-refractivity contribution >= 4 is 11.8 Å². The minimum atomic E-state index is -0.289. The summed E-state index contributed by atoms with van der Waals surface area (Å²) in [7, 11) is 0. The number of amides is 2. The molecule has 0 unspecified atom stereocenters. The summed E-state index contributed by atoms with van der Waals surface area (Å²) < 4.78 is 0. The molecule has 0 bridgehead atoms. The molecule has 102 valence electrons. The van der Waals surface area contributed by atoms with Gasteiger partial charge in [-0.15, -0.1) is 0 Å². The van der Waals surface area contributed by atoms with Gasteiger partial charge in [-0.05, 0) is 31.4 Å². The molecule has 0 atom stereocenters. The lowest BCUT2D eigenvalue weighted by Gasteiger charge is -2.22. The molecular formula is C14H20N3O2+. The third-order valence-corrected chi connectivity index (χ3v) is 3.32. The Labute approximate surface area is 112 Å². The second kappa shape index (κ2) is 6.89. The molecule has 0 aromatic heterocycles. The molecule has 1 heterocycles. The Kier molecular flexibility index (Phi) is 4.92. The van der Waals surface area contributed by atoms with Gasteiger partial charge >= 0.3 is 0 Å². The fourth-order valence-electron chi connectivity index (χ4n) is 2.29. The quantitative estimate of drug-likeness (QED) is 0.644. The number of rotatable bonds is 3. The van der Waals surface area contributed by atoms with Crippen molar-refractivity contribution in [2.24, 2.45) is 0 Å². The van der Waals surface area contributed by atoms with Gasteiger partial charge in [0.05, 0.1) is 13.1 Å². The Morgan fingerprint density at radius 3 is 2.37 bits per heavy atom. The zero-order chi connectivity index (χ0) is 13.5. The monoisotopic (exact) mass is 262 g/mol. The Balaban J connectivity index is 1.72. The molecule has 3 N–H and O–H groups in total. The average molecular weight is 262 g/mol. The van der Waals surface area contributed by atoms with Gasteiger partial charge < -0.3 is 4.90 Å². The van der Waals surface area contributed by atoms with Crippen LogP contribution in [0.25, 0.3) is 0 Å². The zero-order valence-corrected chi connectivity index (χ0v) is 10.9. The highest BCUT2D eigenvalue weighted by Crippen LogP contribution is 1.96. The Morgan fingerprint density at radius 2 is 1.68 bits per heavy atom. The number of hydrazine groups is 1. The highest BCUT2D eigenvalue weighted by molar-refractivity contribution is 5.95. The fraction of sp³-hybridized carbons (Fsp3) is 0.429. The molecule has 1 aliphatic heterocycles. The molecule has 2 rings (SSSR count). The van der Waals surface area contributed by atoms with Gasteiger partial charge in [-0.2, -0.15) is 0 Å². The first kappa shape index (κ1) is 13.5. The lowest BCUT2D eigenvalue weighted by atomic mass is 10.1. The van der Waals surface area contributed by atoms with Gasteiger partial charge in [0, 0.05) is 5.56 Å². The van der Waals surface area contributed by atoms with Gasteiger partial charge in [-0.3, -0.25) is 20.4 Å². The molecule has 1 saturated heterocycles. The number of hydrogen-bond acceptors (Lipinski definition) is 2. The van der Waals surface area contributed by atoms with Crippen LogP contribution in [0, 0.1) is 0 Å². The third kappa shape index (κ3) is 4.37. The van der Waals surface area contributed by atoms with Crippen LogP contribution in [0.1, 0.15) is 29.6 Å². The van der Waals surface area contributed by atoms with Gasteiger partial charge in [0.1, 0.15) is 0 Å². The molecule has 1 aromatic carbocycles. The molecule has 0 aliphatic carbocycles. The largest absolute Gasteiger partial charge is 0.327 e. The highest BCUT2D eigenvalue weighted by Gasteiger charge is 2.17. The molecule has 0 saturated carbocycles. The summed E-state index contributed by atoms with van der Waals surface area (Å²) >= 11 is 0. The predicted octanol–water partition coefficient (Wildman–Crippen LogP) is -0.484. The van der Waals surface area contributed by atoms with Crippen LogP contribution in [-0.4, -0.2) is 31.4 Å². The van der Waals surface area contributed by atoms with Gasteiger partial charge in [0.15, 0.2) is 6.54 Å². The summed E-state index contributed by atoms with van der Waals surface area (Å²) in [6.45, 7) is 2.51. The first-order chi connectivity index (χ1) is 9.25. The third-order valence-electron chi connectivity index (χ3n) is 3.32. The van der Waals surface area contributed by atoms with Crippen LogP contribution in [0.3, 0.4) is 0 Å². The van der Waals surface area contributed by atoms with E-state index in [0.717, 1.165) is 13.1 Å². The number of hydrogen-bond donors (Lipinski definition) is 3. The van der Waals surface area contributed by atoms with E-state index in [0.29, 0.717) is 12.1 Å². The van der Waals surface area contributed by atoms with E-state index < -0.39 is 0 Å². The Hall–Kier alpha value is -1.88. The van der Waals surface area contributed by atoms with Crippen molar-refractivity contribution < 1.29 is 14.5 Å². The van der Waals surface area contributed by atoms with Crippen LogP contribution in [-0.2, 0) is 4.79 Å². The summed E-state index contributed by atoms with van der Waals surface area (Å²) in [5.41, 5.74) is 5.44. The lowest BCUT2D eigenvalue weighted by Crippen LogP contribution is -3.14. The lowest BCUT2D eigenvalue weighted by molar-refractivity contribution is -0.896.